The Morgan fingerprint density at radius 2 is 2.17 bits per heavy atom. The van der Waals surface area contributed by atoms with Gasteiger partial charge in [-0.2, -0.15) is 5.10 Å². The van der Waals surface area contributed by atoms with Gasteiger partial charge < -0.3 is 10.1 Å². The molecule has 0 atom stereocenters. The molecule has 0 fully saturated rings. The average molecular weight is 344 g/mol. The van der Waals surface area contributed by atoms with Crippen molar-refractivity contribution in [2.24, 2.45) is 0 Å². The second-order valence-corrected chi connectivity index (χ2v) is 6.13. The number of hydrogen-bond donors (Lipinski definition) is 1. The summed E-state index contributed by atoms with van der Waals surface area (Å²) in [5, 5.41) is 7.22. The molecule has 1 amide bonds. The van der Waals surface area contributed by atoms with Crippen molar-refractivity contribution in [2.45, 2.75) is 20.4 Å². The van der Waals surface area contributed by atoms with Gasteiger partial charge in [-0.05, 0) is 38.1 Å². The molecule has 0 spiro atoms. The molecule has 0 bridgehead atoms. The molecule has 0 aliphatic rings. The van der Waals surface area contributed by atoms with Gasteiger partial charge in [-0.15, -0.1) is 0 Å². The lowest BCUT2D eigenvalue weighted by Gasteiger charge is -2.04. The summed E-state index contributed by atoms with van der Waals surface area (Å²) < 4.78 is 7.50. The molecule has 124 valence electrons. The average Bonchev–Trinajstić information content (AvgIpc) is 2.92. The van der Waals surface area contributed by atoms with Crippen LogP contribution in [0.5, 0.6) is 5.75 Å². The van der Waals surface area contributed by atoms with E-state index in [0.717, 1.165) is 20.6 Å². The number of amides is 1. The summed E-state index contributed by atoms with van der Waals surface area (Å²) in [5.74, 6) is 0.418. The van der Waals surface area contributed by atoms with Crippen LogP contribution in [0.2, 0.25) is 0 Å². The van der Waals surface area contributed by atoms with E-state index < -0.39 is 0 Å². The number of nitrogens with one attached hydrogen (secondary N) is 1. The molecule has 24 heavy (non-hydrogen) atoms. The first-order chi connectivity index (χ1) is 11.5. The minimum absolute atomic E-state index is 0.152. The summed E-state index contributed by atoms with van der Waals surface area (Å²) in [7, 11) is 0. The van der Waals surface area contributed by atoms with E-state index in [1.807, 2.05) is 25.1 Å². The van der Waals surface area contributed by atoms with Crippen molar-refractivity contribution in [3.8, 4) is 5.75 Å². The van der Waals surface area contributed by atoms with E-state index in [1.54, 1.807) is 13.0 Å². The van der Waals surface area contributed by atoms with Gasteiger partial charge in [-0.25, -0.2) is 9.67 Å². The number of aryl methyl sites for hydroxylation is 1. The number of anilines is 1. The van der Waals surface area contributed by atoms with Crippen LogP contribution in [-0.4, -0.2) is 27.3 Å². The lowest BCUT2D eigenvalue weighted by atomic mass is 10.3. The number of nitrogens with zero attached hydrogens (tertiary/aromatic N) is 3. The summed E-state index contributed by atoms with van der Waals surface area (Å²) in [4.78, 5) is 28.2. The van der Waals surface area contributed by atoms with Gasteiger partial charge in [-0.1, -0.05) is 11.3 Å². The molecular weight excluding hydrogens is 328 g/mol. The van der Waals surface area contributed by atoms with Crippen molar-refractivity contribution in [3.05, 3.63) is 46.4 Å². The molecule has 2 aromatic heterocycles. The number of ether oxygens (including phenoxy) is 1. The number of hydrogen-bond acceptors (Lipinski definition) is 6. The van der Waals surface area contributed by atoms with Crippen LogP contribution >= 0.6 is 11.3 Å². The van der Waals surface area contributed by atoms with Crippen molar-refractivity contribution in [1.82, 2.24) is 14.8 Å². The Morgan fingerprint density at radius 3 is 2.96 bits per heavy atom. The van der Waals surface area contributed by atoms with E-state index in [1.165, 1.54) is 17.4 Å². The standard InChI is InChI=1S/C16H16N4O3S/c1-3-23-11-5-6-12-13(8-11)24-16(17-12)18-14(21)9-20-15(22)7-4-10(2)19-20/h4-8H,3,9H2,1-2H3,(H,17,18,21). The van der Waals surface area contributed by atoms with E-state index >= 15 is 0 Å². The predicted molar refractivity (Wildman–Crippen MR) is 92.7 cm³/mol. The van der Waals surface area contributed by atoms with Crippen molar-refractivity contribution in [2.75, 3.05) is 11.9 Å². The topological polar surface area (TPSA) is 86.1 Å². The molecule has 0 aliphatic carbocycles. The molecule has 2 heterocycles. The molecule has 3 aromatic rings. The van der Waals surface area contributed by atoms with Crippen LogP contribution in [0.4, 0.5) is 5.13 Å². The minimum atomic E-state index is -0.348. The summed E-state index contributed by atoms with van der Waals surface area (Å²) in [6, 6.07) is 8.58. The molecule has 3 rings (SSSR count). The molecule has 0 radical (unpaired) electrons. The Balaban J connectivity index is 1.75. The van der Waals surface area contributed by atoms with Gasteiger partial charge in [0.1, 0.15) is 12.3 Å². The molecule has 0 unspecified atom stereocenters. The third-order valence-electron chi connectivity index (χ3n) is 3.21. The van der Waals surface area contributed by atoms with Gasteiger partial charge >= 0.3 is 0 Å². The molecule has 0 saturated carbocycles. The fourth-order valence-corrected chi connectivity index (χ4v) is 3.08. The zero-order chi connectivity index (χ0) is 17.1. The van der Waals surface area contributed by atoms with Crippen LogP contribution in [0.15, 0.2) is 35.1 Å². The maximum atomic E-state index is 12.1. The molecule has 0 saturated heterocycles. The first kappa shape index (κ1) is 16.1. The fraction of sp³-hybridized carbons (Fsp3) is 0.250. The summed E-state index contributed by atoms with van der Waals surface area (Å²) in [6.45, 7) is 4.12. The highest BCUT2D eigenvalue weighted by molar-refractivity contribution is 7.22. The van der Waals surface area contributed by atoms with E-state index in [0.29, 0.717) is 17.4 Å². The smallest absolute Gasteiger partial charge is 0.267 e. The monoisotopic (exact) mass is 344 g/mol. The van der Waals surface area contributed by atoms with Crippen LogP contribution in [0.25, 0.3) is 10.2 Å². The van der Waals surface area contributed by atoms with Crippen LogP contribution in [-0.2, 0) is 11.3 Å². The lowest BCUT2D eigenvalue weighted by molar-refractivity contribution is -0.117. The molecule has 1 N–H and O–H groups in total. The Morgan fingerprint density at radius 1 is 1.33 bits per heavy atom. The summed E-state index contributed by atoms with van der Waals surface area (Å²) >= 11 is 1.35. The quantitative estimate of drug-likeness (QED) is 0.767. The lowest BCUT2D eigenvalue weighted by Crippen LogP contribution is -2.29. The zero-order valence-corrected chi connectivity index (χ0v) is 14.1. The number of benzene rings is 1. The Kier molecular flexibility index (Phi) is 4.57. The number of rotatable bonds is 5. The zero-order valence-electron chi connectivity index (χ0n) is 13.3. The predicted octanol–water partition coefficient (Wildman–Crippen LogP) is 2.20. The first-order valence-corrected chi connectivity index (χ1v) is 8.25. The van der Waals surface area contributed by atoms with Crippen molar-refractivity contribution in [3.63, 3.8) is 0 Å². The summed E-state index contributed by atoms with van der Waals surface area (Å²) in [5.41, 5.74) is 1.14. The molecule has 1 aromatic carbocycles. The third-order valence-corrected chi connectivity index (χ3v) is 4.14. The SMILES string of the molecule is CCOc1ccc2nc(NC(=O)Cn3nc(C)ccc3=O)sc2c1. The van der Waals surface area contributed by atoms with Crippen molar-refractivity contribution >= 4 is 32.6 Å². The van der Waals surface area contributed by atoms with Gasteiger partial charge in [-0.3, -0.25) is 9.59 Å². The molecular formula is C16H16N4O3S. The normalized spacial score (nSPS) is 10.8. The highest BCUT2D eigenvalue weighted by Crippen LogP contribution is 2.29. The second-order valence-electron chi connectivity index (χ2n) is 5.10. The number of aromatic nitrogens is 3. The Hall–Kier alpha value is -2.74. The maximum absolute atomic E-state index is 12.1. The minimum Gasteiger partial charge on any atom is -0.494 e. The van der Waals surface area contributed by atoms with E-state index in [9.17, 15) is 9.59 Å². The van der Waals surface area contributed by atoms with E-state index in [-0.39, 0.29) is 18.0 Å². The van der Waals surface area contributed by atoms with Crippen molar-refractivity contribution < 1.29 is 9.53 Å². The van der Waals surface area contributed by atoms with Crippen LogP contribution < -0.4 is 15.6 Å². The van der Waals surface area contributed by atoms with E-state index in [4.69, 9.17) is 4.74 Å². The van der Waals surface area contributed by atoms with Gasteiger partial charge in [0, 0.05) is 6.07 Å². The number of fused-ring (bicyclic) bond motifs is 1. The van der Waals surface area contributed by atoms with Gasteiger partial charge in [0.25, 0.3) is 5.56 Å². The molecule has 8 heteroatoms. The fourth-order valence-electron chi connectivity index (χ4n) is 2.17. The number of thiazole rings is 1. The Labute approximate surface area is 141 Å². The maximum Gasteiger partial charge on any atom is 0.267 e. The highest BCUT2D eigenvalue weighted by atomic mass is 32.1. The number of carbonyl (C=O) groups is 1. The molecule has 0 aliphatic heterocycles. The summed E-state index contributed by atoms with van der Waals surface area (Å²) in [6.07, 6.45) is 0. The van der Waals surface area contributed by atoms with Crippen LogP contribution in [0.3, 0.4) is 0 Å². The first-order valence-electron chi connectivity index (χ1n) is 7.43. The van der Waals surface area contributed by atoms with E-state index in [2.05, 4.69) is 15.4 Å². The molecule has 7 nitrogen and oxygen atoms in total. The van der Waals surface area contributed by atoms with Crippen LogP contribution in [0.1, 0.15) is 12.6 Å². The van der Waals surface area contributed by atoms with Crippen molar-refractivity contribution in [1.29, 1.82) is 0 Å². The van der Waals surface area contributed by atoms with Gasteiger partial charge in [0.2, 0.25) is 5.91 Å². The highest BCUT2D eigenvalue weighted by Gasteiger charge is 2.10. The second kappa shape index (κ2) is 6.79. The largest absolute Gasteiger partial charge is 0.494 e. The van der Waals surface area contributed by atoms with Gasteiger partial charge in [0.15, 0.2) is 5.13 Å². The number of carbonyl (C=O) groups excluding carboxylic acids is 1. The Bertz CT molecular complexity index is 948. The third kappa shape index (κ3) is 3.60. The van der Waals surface area contributed by atoms with Gasteiger partial charge in [0.05, 0.1) is 22.5 Å². The van der Waals surface area contributed by atoms with Crippen LogP contribution in [0, 0.1) is 6.92 Å².